The fourth-order valence-corrected chi connectivity index (χ4v) is 4.49. The monoisotopic (exact) mass is 533 g/mol. The van der Waals surface area contributed by atoms with Gasteiger partial charge >= 0.3 is 0 Å². The summed E-state index contributed by atoms with van der Waals surface area (Å²) in [5, 5.41) is 5.41. The second-order valence-electron chi connectivity index (χ2n) is 8.23. The number of rotatable bonds is 10. The van der Waals surface area contributed by atoms with Gasteiger partial charge in [-0.1, -0.05) is 30.3 Å². The van der Waals surface area contributed by atoms with Gasteiger partial charge < -0.3 is 10.6 Å². The Bertz CT molecular complexity index is 1480. The first kappa shape index (κ1) is 26.6. The second-order valence-corrected chi connectivity index (χ2v) is 9.99. The number of benzene rings is 3. The minimum absolute atomic E-state index is 0.00289. The van der Waals surface area contributed by atoms with Gasteiger partial charge in [0.15, 0.2) is 0 Å². The van der Waals surface area contributed by atoms with Gasteiger partial charge in [0.25, 0.3) is 5.91 Å². The molecule has 0 fully saturated rings. The quantitative estimate of drug-likeness (QED) is 0.287. The smallest absolute Gasteiger partial charge is 0.251 e. The number of hydrogen-bond acceptors (Lipinski definition) is 6. The van der Waals surface area contributed by atoms with E-state index in [2.05, 4.69) is 25.3 Å². The lowest BCUT2D eigenvalue weighted by Crippen LogP contribution is -2.45. The van der Waals surface area contributed by atoms with Crippen LogP contribution in [0.1, 0.15) is 21.7 Å². The summed E-state index contributed by atoms with van der Waals surface area (Å²) in [7, 11) is -3.84. The van der Waals surface area contributed by atoms with Crippen LogP contribution in [-0.2, 0) is 27.8 Å². The van der Waals surface area contributed by atoms with Crippen LogP contribution in [-0.4, -0.2) is 36.2 Å². The van der Waals surface area contributed by atoms with Gasteiger partial charge in [-0.3, -0.25) is 9.59 Å². The van der Waals surface area contributed by atoms with Gasteiger partial charge in [-0.2, -0.15) is 0 Å². The van der Waals surface area contributed by atoms with Crippen LogP contribution in [0.15, 0.2) is 102 Å². The fourth-order valence-electron chi connectivity index (χ4n) is 3.51. The molecule has 0 bridgehead atoms. The Morgan fingerprint density at radius 1 is 0.842 bits per heavy atom. The molecule has 4 aromatic rings. The van der Waals surface area contributed by atoms with Crippen molar-refractivity contribution in [3.8, 4) is 0 Å². The molecule has 0 spiro atoms. The van der Waals surface area contributed by atoms with Crippen LogP contribution in [0.25, 0.3) is 0 Å². The topological polar surface area (TPSA) is 130 Å². The zero-order valence-electron chi connectivity index (χ0n) is 20.0. The van der Waals surface area contributed by atoms with Gasteiger partial charge in [-0.05, 0) is 60.2 Å². The lowest BCUT2D eigenvalue weighted by molar-refractivity contribution is -0.118. The zero-order chi connectivity index (χ0) is 27.0. The number of halogens is 1. The van der Waals surface area contributed by atoms with Gasteiger partial charge in [-0.15, -0.1) is 0 Å². The van der Waals surface area contributed by atoms with Gasteiger partial charge in [0.1, 0.15) is 17.7 Å². The maximum atomic E-state index is 13.3. The summed E-state index contributed by atoms with van der Waals surface area (Å²) in [5.41, 5.74) is 1.37. The summed E-state index contributed by atoms with van der Waals surface area (Å²) < 4.78 is 40.9. The van der Waals surface area contributed by atoms with E-state index in [0.717, 1.165) is 5.56 Å². The molecule has 11 heteroatoms. The Balaban J connectivity index is 1.45. The fraction of sp³-hybridized carbons (Fsp3) is 0.111. The van der Waals surface area contributed by atoms with Gasteiger partial charge in [-0.25, -0.2) is 27.5 Å². The lowest BCUT2D eigenvalue weighted by atomic mass is 10.0. The molecule has 0 unspecified atom stereocenters. The number of sulfonamides is 1. The van der Waals surface area contributed by atoms with Crippen molar-refractivity contribution in [1.82, 2.24) is 20.0 Å². The predicted octanol–water partition coefficient (Wildman–Crippen LogP) is 3.07. The van der Waals surface area contributed by atoms with Crippen LogP contribution < -0.4 is 15.4 Å². The van der Waals surface area contributed by atoms with Crippen molar-refractivity contribution in [2.24, 2.45) is 0 Å². The molecule has 38 heavy (non-hydrogen) atoms. The van der Waals surface area contributed by atoms with Crippen molar-refractivity contribution in [3.05, 3.63) is 120 Å². The average Bonchev–Trinajstić information content (AvgIpc) is 2.93. The molecule has 3 N–H and O–H groups in total. The van der Waals surface area contributed by atoms with E-state index in [1.165, 1.54) is 60.9 Å². The lowest BCUT2D eigenvalue weighted by Gasteiger charge is -2.19. The number of carbonyl (C=O) groups excluding carboxylic acids is 2. The van der Waals surface area contributed by atoms with Crippen LogP contribution in [0.2, 0.25) is 0 Å². The molecule has 1 aromatic heterocycles. The first-order valence-corrected chi connectivity index (χ1v) is 13.1. The van der Waals surface area contributed by atoms with E-state index in [0.29, 0.717) is 11.5 Å². The van der Waals surface area contributed by atoms with Crippen molar-refractivity contribution in [2.75, 3.05) is 5.32 Å². The molecular weight excluding hydrogens is 509 g/mol. The minimum Gasteiger partial charge on any atom is -0.340 e. The van der Waals surface area contributed by atoms with E-state index in [1.54, 1.807) is 6.07 Å². The molecule has 1 atom stereocenters. The number of hydrogen-bond donors (Lipinski definition) is 3. The first-order chi connectivity index (χ1) is 18.3. The third-order valence-electron chi connectivity index (χ3n) is 5.48. The molecule has 0 saturated carbocycles. The van der Waals surface area contributed by atoms with E-state index < -0.39 is 33.7 Å². The molecule has 0 radical (unpaired) electrons. The van der Waals surface area contributed by atoms with E-state index in [1.807, 2.05) is 30.3 Å². The summed E-state index contributed by atoms with van der Waals surface area (Å²) in [5.74, 6) is -1.18. The van der Waals surface area contributed by atoms with Crippen molar-refractivity contribution in [2.45, 2.75) is 23.9 Å². The number of anilines is 1. The van der Waals surface area contributed by atoms with Crippen LogP contribution >= 0.6 is 0 Å². The van der Waals surface area contributed by atoms with E-state index >= 15 is 0 Å². The molecule has 0 aliphatic rings. The van der Waals surface area contributed by atoms with Crippen LogP contribution in [0.3, 0.4) is 0 Å². The third-order valence-corrected chi connectivity index (χ3v) is 6.90. The van der Waals surface area contributed by atoms with Crippen LogP contribution in [0.4, 0.5) is 10.1 Å². The predicted molar refractivity (Wildman–Crippen MR) is 139 cm³/mol. The zero-order valence-corrected chi connectivity index (χ0v) is 20.9. The number of carbonyl (C=O) groups is 2. The molecular formula is C27H24FN5O4S. The highest BCUT2D eigenvalue weighted by Gasteiger charge is 2.23. The minimum atomic E-state index is -3.84. The molecule has 3 aromatic carbocycles. The number of nitrogens with one attached hydrogen (secondary N) is 3. The highest BCUT2D eigenvalue weighted by Crippen LogP contribution is 2.16. The third kappa shape index (κ3) is 7.28. The molecule has 0 aliphatic carbocycles. The molecule has 4 rings (SSSR count). The van der Waals surface area contributed by atoms with Crippen LogP contribution in [0.5, 0.6) is 0 Å². The van der Waals surface area contributed by atoms with Crippen molar-refractivity contribution in [3.63, 3.8) is 0 Å². The van der Waals surface area contributed by atoms with Gasteiger partial charge in [0, 0.05) is 30.1 Å². The highest BCUT2D eigenvalue weighted by molar-refractivity contribution is 7.89. The molecule has 9 nitrogen and oxygen atoms in total. The maximum absolute atomic E-state index is 13.3. The van der Waals surface area contributed by atoms with Crippen molar-refractivity contribution >= 4 is 27.5 Å². The molecule has 2 amide bonds. The standard InChI is InChI=1S/C27H24FN5O4S/c28-21-9-7-20(8-10-21)26(34)33-24(17-19-5-2-1-3-6-19)27(35)32-22-11-13-23(14-12-22)38(36,37)31-18-25-29-15-4-16-30-25/h1-16,24,31H,17-18H2,(H,32,35)(H,33,34)/t24-/m0/s1. The summed E-state index contributed by atoms with van der Waals surface area (Å²) >= 11 is 0. The summed E-state index contributed by atoms with van der Waals surface area (Å²) in [6.45, 7) is -0.0728. The molecule has 1 heterocycles. The van der Waals surface area contributed by atoms with E-state index in [9.17, 15) is 22.4 Å². The summed E-state index contributed by atoms with van der Waals surface area (Å²) in [6, 6.07) is 20.4. The largest absolute Gasteiger partial charge is 0.340 e. The van der Waals surface area contributed by atoms with Crippen molar-refractivity contribution in [1.29, 1.82) is 0 Å². The highest BCUT2D eigenvalue weighted by atomic mass is 32.2. The Morgan fingerprint density at radius 3 is 2.16 bits per heavy atom. The second kappa shape index (κ2) is 12.2. The van der Waals surface area contributed by atoms with Gasteiger partial charge in [0.05, 0.1) is 11.4 Å². The van der Waals surface area contributed by atoms with Crippen LogP contribution in [0, 0.1) is 5.82 Å². The molecule has 194 valence electrons. The Labute approximate surface area is 219 Å². The SMILES string of the molecule is O=C(N[C@@H](Cc1ccccc1)C(=O)Nc1ccc(S(=O)(=O)NCc2ncccn2)cc1)c1ccc(F)cc1. The number of amides is 2. The van der Waals surface area contributed by atoms with E-state index in [4.69, 9.17) is 0 Å². The maximum Gasteiger partial charge on any atom is 0.251 e. The van der Waals surface area contributed by atoms with Gasteiger partial charge in [0.2, 0.25) is 15.9 Å². The Morgan fingerprint density at radius 2 is 1.50 bits per heavy atom. The average molecular weight is 534 g/mol. The normalized spacial score (nSPS) is 11.9. The van der Waals surface area contributed by atoms with E-state index in [-0.39, 0.29) is 23.4 Å². The Kier molecular flexibility index (Phi) is 8.51. The molecule has 0 saturated heterocycles. The number of nitrogens with zero attached hydrogens (tertiary/aromatic N) is 2. The number of aromatic nitrogens is 2. The summed E-state index contributed by atoms with van der Waals surface area (Å²) in [4.78, 5) is 33.8. The Hall–Kier alpha value is -4.48. The summed E-state index contributed by atoms with van der Waals surface area (Å²) in [6.07, 6.45) is 3.24. The molecule has 0 aliphatic heterocycles. The van der Waals surface area contributed by atoms with Crippen molar-refractivity contribution < 1.29 is 22.4 Å². The first-order valence-electron chi connectivity index (χ1n) is 11.6.